The van der Waals surface area contributed by atoms with Crippen LogP contribution in [0.2, 0.25) is 0 Å². The van der Waals surface area contributed by atoms with Gasteiger partial charge in [0.1, 0.15) is 0 Å². The molecule has 0 aromatic carbocycles. The Kier molecular flexibility index (Phi) is 8.02. The predicted octanol–water partition coefficient (Wildman–Crippen LogP) is 0.912. The number of carbonyl (C=O) groups is 2. The van der Waals surface area contributed by atoms with Crippen LogP contribution in [-0.2, 0) is 9.59 Å². The maximum Gasteiger partial charge on any atom is 0.226 e. The molecule has 0 aliphatic carbocycles. The lowest BCUT2D eigenvalue weighted by molar-refractivity contribution is -0.132. The van der Waals surface area contributed by atoms with Gasteiger partial charge in [-0.05, 0) is 33.1 Å². The highest BCUT2D eigenvalue weighted by Gasteiger charge is 2.25. The first-order valence-electron chi connectivity index (χ1n) is 6.73. The lowest BCUT2D eigenvalue weighted by atomic mass is 9.93. The second-order valence-electron chi connectivity index (χ2n) is 5.54. The van der Waals surface area contributed by atoms with Crippen LogP contribution in [0.3, 0.4) is 0 Å². The number of hydrogen-bond acceptors (Lipinski definition) is 3. The number of hydrogen-bond donors (Lipinski definition) is 2. The van der Waals surface area contributed by atoms with E-state index in [1.807, 2.05) is 4.90 Å². The third-order valence-corrected chi connectivity index (χ3v) is 3.46. The zero-order chi connectivity index (χ0) is 13.6. The molecule has 5 nitrogen and oxygen atoms in total. The largest absolute Gasteiger partial charge is 0.355 e. The summed E-state index contributed by atoms with van der Waals surface area (Å²) in [5.41, 5.74) is 4.96. The first-order valence-corrected chi connectivity index (χ1v) is 6.73. The van der Waals surface area contributed by atoms with E-state index >= 15 is 0 Å². The van der Waals surface area contributed by atoms with Crippen molar-refractivity contribution in [3.8, 4) is 0 Å². The molecule has 0 atom stereocenters. The number of piperidine rings is 1. The lowest BCUT2D eigenvalue weighted by Gasteiger charge is -2.27. The number of halogens is 1. The highest BCUT2D eigenvalue weighted by Crippen LogP contribution is 2.12. The maximum absolute atomic E-state index is 11.8. The summed E-state index contributed by atoms with van der Waals surface area (Å²) in [5.74, 6) is 0.0528. The van der Waals surface area contributed by atoms with Crippen molar-refractivity contribution in [3.63, 3.8) is 0 Å². The van der Waals surface area contributed by atoms with Gasteiger partial charge in [-0.2, -0.15) is 0 Å². The molecule has 1 saturated heterocycles. The third-order valence-electron chi connectivity index (χ3n) is 3.46. The number of amides is 2. The second kappa shape index (κ2) is 8.38. The summed E-state index contributed by atoms with van der Waals surface area (Å²) in [7, 11) is 0. The maximum atomic E-state index is 11.8. The summed E-state index contributed by atoms with van der Waals surface area (Å²) in [5, 5.41) is 2.78. The van der Waals surface area contributed by atoms with Crippen molar-refractivity contribution in [1.82, 2.24) is 10.2 Å². The molecule has 0 spiro atoms. The van der Waals surface area contributed by atoms with E-state index in [9.17, 15) is 9.59 Å². The average Bonchev–Trinajstić information content (AvgIpc) is 2.39. The van der Waals surface area contributed by atoms with Gasteiger partial charge in [0.05, 0.1) is 5.41 Å². The molecule has 112 valence electrons. The molecule has 0 aromatic heterocycles. The summed E-state index contributed by atoms with van der Waals surface area (Å²) in [6.07, 6.45) is 3.79. The number of nitrogens with one attached hydrogen (secondary N) is 1. The van der Waals surface area contributed by atoms with E-state index in [2.05, 4.69) is 5.32 Å². The summed E-state index contributed by atoms with van der Waals surface area (Å²) < 4.78 is 0. The van der Waals surface area contributed by atoms with E-state index in [1.54, 1.807) is 13.8 Å². The molecule has 0 aromatic rings. The van der Waals surface area contributed by atoms with E-state index in [0.717, 1.165) is 25.9 Å². The number of nitrogens with two attached hydrogens (primary N) is 1. The van der Waals surface area contributed by atoms with Crippen molar-refractivity contribution in [1.29, 1.82) is 0 Å². The first-order chi connectivity index (χ1) is 8.47. The van der Waals surface area contributed by atoms with Crippen molar-refractivity contribution in [3.05, 3.63) is 0 Å². The van der Waals surface area contributed by atoms with Gasteiger partial charge in [0, 0.05) is 32.6 Å². The molecule has 1 heterocycles. The van der Waals surface area contributed by atoms with Crippen molar-refractivity contribution in [2.75, 3.05) is 26.2 Å². The molecule has 0 radical (unpaired) electrons. The minimum absolute atomic E-state index is 0. The Morgan fingerprint density at radius 1 is 1.21 bits per heavy atom. The first kappa shape index (κ1) is 18.2. The fraction of sp³-hybridized carbons (Fsp3) is 0.846. The van der Waals surface area contributed by atoms with Gasteiger partial charge in [0.15, 0.2) is 0 Å². The molecule has 1 aliphatic rings. The van der Waals surface area contributed by atoms with E-state index in [1.165, 1.54) is 6.42 Å². The quantitative estimate of drug-likeness (QED) is 0.791. The van der Waals surface area contributed by atoms with Crippen LogP contribution >= 0.6 is 12.4 Å². The number of likely N-dealkylation sites (tertiary alicyclic amines) is 1. The Bertz CT molecular complexity index is 302. The molecule has 1 aliphatic heterocycles. The van der Waals surface area contributed by atoms with Crippen molar-refractivity contribution in [2.24, 2.45) is 11.1 Å². The van der Waals surface area contributed by atoms with Gasteiger partial charge < -0.3 is 16.0 Å². The van der Waals surface area contributed by atoms with Gasteiger partial charge in [0.25, 0.3) is 0 Å². The molecule has 19 heavy (non-hydrogen) atoms. The Hall–Kier alpha value is -0.810. The van der Waals surface area contributed by atoms with Crippen molar-refractivity contribution in [2.45, 2.75) is 39.5 Å². The molecular formula is C13H26ClN3O2. The zero-order valence-electron chi connectivity index (χ0n) is 11.9. The summed E-state index contributed by atoms with van der Waals surface area (Å²) >= 11 is 0. The minimum atomic E-state index is -0.561. The van der Waals surface area contributed by atoms with E-state index in [4.69, 9.17) is 5.73 Å². The molecular weight excluding hydrogens is 266 g/mol. The van der Waals surface area contributed by atoms with E-state index in [-0.39, 0.29) is 24.2 Å². The molecule has 0 bridgehead atoms. The van der Waals surface area contributed by atoms with Gasteiger partial charge in [-0.3, -0.25) is 9.59 Å². The fourth-order valence-corrected chi connectivity index (χ4v) is 1.92. The number of nitrogens with zero attached hydrogens (tertiary/aromatic N) is 1. The Balaban J connectivity index is 0.00000324. The van der Waals surface area contributed by atoms with Gasteiger partial charge in [-0.15, -0.1) is 12.4 Å². The average molecular weight is 292 g/mol. The Morgan fingerprint density at radius 2 is 1.79 bits per heavy atom. The van der Waals surface area contributed by atoms with E-state index in [0.29, 0.717) is 19.5 Å². The van der Waals surface area contributed by atoms with Crippen LogP contribution < -0.4 is 11.1 Å². The van der Waals surface area contributed by atoms with Crippen LogP contribution in [0.4, 0.5) is 0 Å². The highest BCUT2D eigenvalue weighted by atomic mass is 35.5. The van der Waals surface area contributed by atoms with Gasteiger partial charge in [0.2, 0.25) is 11.8 Å². The Morgan fingerprint density at radius 3 is 2.32 bits per heavy atom. The monoisotopic (exact) mass is 291 g/mol. The zero-order valence-corrected chi connectivity index (χ0v) is 12.7. The van der Waals surface area contributed by atoms with Crippen LogP contribution in [0, 0.1) is 5.41 Å². The summed E-state index contributed by atoms with van der Waals surface area (Å²) in [4.78, 5) is 25.5. The second-order valence-corrected chi connectivity index (χ2v) is 5.54. The normalized spacial score (nSPS) is 15.6. The van der Waals surface area contributed by atoms with E-state index < -0.39 is 5.41 Å². The van der Waals surface area contributed by atoms with Crippen LogP contribution in [-0.4, -0.2) is 42.9 Å². The SMILES string of the molecule is CC(C)(CN)C(=O)NCCC(=O)N1CCCCC1.Cl. The molecule has 0 unspecified atom stereocenters. The smallest absolute Gasteiger partial charge is 0.226 e. The number of carbonyl (C=O) groups excluding carboxylic acids is 2. The third kappa shape index (κ3) is 5.78. The molecule has 1 fully saturated rings. The molecule has 1 rings (SSSR count). The molecule has 3 N–H and O–H groups in total. The van der Waals surface area contributed by atoms with Gasteiger partial charge >= 0.3 is 0 Å². The van der Waals surface area contributed by atoms with Crippen molar-refractivity contribution >= 4 is 24.2 Å². The van der Waals surface area contributed by atoms with Gasteiger partial charge in [-0.25, -0.2) is 0 Å². The molecule has 2 amide bonds. The van der Waals surface area contributed by atoms with Crippen LogP contribution in [0.25, 0.3) is 0 Å². The number of rotatable bonds is 5. The minimum Gasteiger partial charge on any atom is -0.355 e. The Labute approximate surface area is 121 Å². The predicted molar refractivity (Wildman–Crippen MR) is 78.1 cm³/mol. The van der Waals surface area contributed by atoms with Gasteiger partial charge in [-0.1, -0.05) is 0 Å². The van der Waals surface area contributed by atoms with Crippen molar-refractivity contribution < 1.29 is 9.59 Å². The highest BCUT2D eigenvalue weighted by molar-refractivity contribution is 5.85. The molecule has 6 heteroatoms. The van der Waals surface area contributed by atoms with Crippen LogP contribution in [0.15, 0.2) is 0 Å². The van der Waals surface area contributed by atoms with Crippen LogP contribution in [0.5, 0.6) is 0 Å². The van der Waals surface area contributed by atoms with Crippen LogP contribution in [0.1, 0.15) is 39.5 Å². The topological polar surface area (TPSA) is 75.4 Å². The summed E-state index contributed by atoms with van der Waals surface area (Å²) in [6.45, 7) is 6.03. The fourth-order valence-electron chi connectivity index (χ4n) is 1.92. The molecule has 0 saturated carbocycles. The lowest BCUT2D eigenvalue weighted by Crippen LogP contribution is -2.43. The summed E-state index contributed by atoms with van der Waals surface area (Å²) in [6, 6.07) is 0. The standard InChI is InChI=1S/C13H25N3O2.ClH/c1-13(2,10-14)12(18)15-7-6-11(17)16-8-4-3-5-9-16;/h3-10,14H2,1-2H3,(H,15,18);1H.